The fourth-order valence-corrected chi connectivity index (χ4v) is 2.39. The van der Waals surface area contributed by atoms with Crippen molar-refractivity contribution in [1.82, 2.24) is 4.90 Å². The molecule has 24 heavy (non-hydrogen) atoms. The van der Waals surface area contributed by atoms with Crippen LogP contribution in [-0.2, 0) is 11.3 Å². The van der Waals surface area contributed by atoms with Crippen molar-refractivity contribution in [2.75, 3.05) is 25.5 Å². The molecule has 4 nitrogen and oxygen atoms in total. The van der Waals surface area contributed by atoms with Crippen molar-refractivity contribution in [1.29, 1.82) is 0 Å². The van der Waals surface area contributed by atoms with E-state index >= 15 is 0 Å². The van der Waals surface area contributed by atoms with E-state index in [-0.39, 0.29) is 18.2 Å². The van der Waals surface area contributed by atoms with Gasteiger partial charge in [0.05, 0.1) is 13.7 Å². The number of halogens is 1. The number of aryl methyl sites for hydroxylation is 1. The number of hydrogen-bond acceptors (Lipinski definition) is 3. The molecule has 2 aromatic carbocycles. The van der Waals surface area contributed by atoms with Gasteiger partial charge in [-0.2, -0.15) is 0 Å². The molecule has 5 heteroatoms. The third kappa shape index (κ3) is 5.06. The molecular weight excluding hydrogens is 307 g/mol. The van der Waals surface area contributed by atoms with E-state index in [0.717, 1.165) is 16.8 Å². The Bertz CT molecular complexity index is 686. The number of rotatable bonds is 7. The summed E-state index contributed by atoms with van der Waals surface area (Å²) in [6, 6.07) is 12.5. The number of amides is 1. The summed E-state index contributed by atoms with van der Waals surface area (Å²) in [6.45, 7) is 5.41. The number of hydrogen-bond donors (Lipinski definition) is 1. The van der Waals surface area contributed by atoms with Gasteiger partial charge in [0.15, 0.2) is 11.6 Å². The second-order valence-electron chi connectivity index (χ2n) is 5.69. The maximum atomic E-state index is 13.8. The van der Waals surface area contributed by atoms with Crippen LogP contribution in [-0.4, -0.2) is 31.0 Å². The average Bonchev–Trinajstić information content (AvgIpc) is 2.56. The molecule has 0 atom stereocenters. The van der Waals surface area contributed by atoms with Crippen LogP contribution in [0.15, 0.2) is 42.5 Å². The van der Waals surface area contributed by atoms with E-state index in [2.05, 4.69) is 5.32 Å². The van der Waals surface area contributed by atoms with Crippen LogP contribution in [0.25, 0.3) is 0 Å². The Balaban J connectivity index is 1.94. The molecule has 0 spiro atoms. The van der Waals surface area contributed by atoms with Gasteiger partial charge in [-0.15, -0.1) is 0 Å². The highest BCUT2D eigenvalue weighted by Gasteiger charge is 2.11. The first kappa shape index (κ1) is 17.9. The molecule has 0 saturated heterocycles. The van der Waals surface area contributed by atoms with Gasteiger partial charge in [-0.1, -0.05) is 30.7 Å². The molecule has 128 valence electrons. The zero-order valence-corrected chi connectivity index (χ0v) is 14.3. The SMILES string of the molecule is CCN(CC(=O)Nc1ccc(C)cc1)Cc1ccc(OC)c(F)c1. The Kier molecular flexibility index (Phi) is 6.32. The van der Waals surface area contributed by atoms with Gasteiger partial charge in [0.1, 0.15) is 0 Å². The summed E-state index contributed by atoms with van der Waals surface area (Å²) >= 11 is 0. The van der Waals surface area contributed by atoms with E-state index in [4.69, 9.17) is 4.74 Å². The van der Waals surface area contributed by atoms with Crippen molar-refractivity contribution in [3.63, 3.8) is 0 Å². The van der Waals surface area contributed by atoms with Crippen molar-refractivity contribution in [3.8, 4) is 5.75 Å². The highest BCUT2D eigenvalue weighted by molar-refractivity contribution is 5.92. The third-order valence-corrected chi connectivity index (χ3v) is 3.77. The van der Waals surface area contributed by atoms with Crippen molar-refractivity contribution >= 4 is 11.6 Å². The first-order valence-electron chi connectivity index (χ1n) is 7.93. The van der Waals surface area contributed by atoms with Gasteiger partial charge in [-0.05, 0) is 43.3 Å². The molecule has 0 aromatic heterocycles. The van der Waals surface area contributed by atoms with Crippen LogP contribution in [0.1, 0.15) is 18.1 Å². The zero-order chi connectivity index (χ0) is 17.5. The zero-order valence-electron chi connectivity index (χ0n) is 14.3. The predicted octanol–water partition coefficient (Wildman–Crippen LogP) is 3.60. The maximum Gasteiger partial charge on any atom is 0.238 e. The Morgan fingerprint density at radius 3 is 2.50 bits per heavy atom. The largest absolute Gasteiger partial charge is 0.494 e. The van der Waals surface area contributed by atoms with E-state index in [0.29, 0.717) is 13.1 Å². The topological polar surface area (TPSA) is 41.6 Å². The number of likely N-dealkylation sites (N-methyl/N-ethyl adjacent to an activating group) is 1. The molecule has 2 aromatic rings. The number of carbonyl (C=O) groups excluding carboxylic acids is 1. The fraction of sp³-hybridized carbons (Fsp3) is 0.316. The number of benzene rings is 2. The van der Waals surface area contributed by atoms with Crippen LogP contribution in [0.4, 0.5) is 10.1 Å². The molecule has 0 heterocycles. The first-order valence-corrected chi connectivity index (χ1v) is 7.93. The lowest BCUT2D eigenvalue weighted by Crippen LogP contribution is -2.32. The second-order valence-corrected chi connectivity index (χ2v) is 5.69. The number of ether oxygens (including phenoxy) is 1. The summed E-state index contributed by atoms with van der Waals surface area (Å²) in [5.74, 6) is -0.260. The van der Waals surface area contributed by atoms with Gasteiger partial charge in [0.25, 0.3) is 0 Å². The normalized spacial score (nSPS) is 10.7. The van der Waals surface area contributed by atoms with Crippen molar-refractivity contribution in [2.45, 2.75) is 20.4 Å². The Hall–Kier alpha value is -2.40. The summed E-state index contributed by atoms with van der Waals surface area (Å²) in [7, 11) is 1.44. The summed E-state index contributed by atoms with van der Waals surface area (Å²) in [5, 5.41) is 2.87. The molecule has 0 unspecified atom stereocenters. The molecular formula is C19H23FN2O2. The van der Waals surface area contributed by atoms with Crippen LogP contribution in [0.5, 0.6) is 5.75 Å². The lowest BCUT2D eigenvalue weighted by Gasteiger charge is -2.20. The van der Waals surface area contributed by atoms with Gasteiger partial charge < -0.3 is 10.1 Å². The van der Waals surface area contributed by atoms with Crippen LogP contribution < -0.4 is 10.1 Å². The predicted molar refractivity (Wildman–Crippen MR) is 93.7 cm³/mol. The maximum absolute atomic E-state index is 13.8. The average molecular weight is 330 g/mol. The Morgan fingerprint density at radius 1 is 1.21 bits per heavy atom. The van der Waals surface area contributed by atoms with Crippen LogP contribution in [0, 0.1) is 12.7 Å². The second kappa shape index (κ2) is 8.45. The highest BCUT2D eigenvalue weighted by Crippen LogP contribution is 2.18. The minimum atomic E-state index is -0.393. The smallest absolute Gasteiger partial charge is 0.238 e. The summed E-state index contributed by atoms with van der Waals surface area (Å²) in [5.41, 5.74) is 2.72. The minimum absolute atomic E-state index is 0.0883. The molecule has 2 rings (SSSR count). The van der Waals surface area contributed by atoms with E-state index in [1.165, 1.54) is 13.2 Å². The van der Waals surface area contributed by atoms with E-state index in [9.17, 15) is 9.18 Å². The number of carbonyl (C=O) groups is 1. The van der Waals surface area contributed by atoms with Crippen LogP contribution in [0.3, 0.4) is 0 Å². The highest BCUT2D eigenvalue weighted by atomic mass is 19.1. The fourth-order valence-electron chi connectivity index (χ4n) is 2.39. The third-order valence-electron chi connectivity index (χ3n) is 3.77. The van der Waals surface area contributed by atoms with Gasteiger partial charge >= 0.3 is 0 Å². The Morgan fingerprint density at radius 2 is 1.92 bits per heavy atom. The van der Waals surface area contributed by atoms with E-state index < -0.39 is 5.82 Å². The van der Waals surface area contributed by atoms with Gasteiger partial charge in [-0.25, -0.2) is 4.39 Å². The molecule has 1 amide bonds. The van der Waals surface area contributed by atoms with Gasteiger partial charge in [0.2, 0.25) is 5.91 Å². The quantitative estimate of drug-likeness (QED) is 0.843. The summed E-state index contributed by atoms with van der Waals surface area (Å²) in [6.07, 6.45) is 0. The number of anilines is 1. The molecule has 0 aliphatic heterocycles. The van der Waals surface area contributed by atoms with Crippen LogP contribution in [0.2, 0.25) is 0 Å². The first-order chi connectivity index (χ1) is 11.5. The van der Waals surface area contributed by atoms with E-state index in [1.54, 1.807) is 6.07 Å². The van der Waals surface area contributed by atoms with Crippen LogP contribution >= 0.6 is 0 Å². The van der Waals surface area contributed by atoms with Crippen molar-refractivity contribution < 1.29 is 13.9 Å². The summed E-state index contributed by atoms with van der Waals surface area (Å²) in [4.78, 5) is 14.1. The molecule has 0 aliphatic rings. The summed E-state index contributed by atoms with van der Waals surface area (Å²) < 4.78 is 18.7. The lowest BCUT2D eigenvalue weighted by atomic mass is 10.2. The lowest BCUT2D eigenvalue weighted by molar-refractivity contribution is -0.117. The monoisotopic (exact) mass is 330 g/mol. The van der Waals surface area contributed by atoms with Gasteiger partial charge in [-0.3, -0.25) is 9.69 Å². The van der Waals surface area contributed by atoms with Crippen molar-refractivity contribution in [3.05, 3.63) is 59.4 Å². The minimum Gasteiger partial charge on any atom is -0.494 e. The molecule has 0 bridgehead atoms. The standard InChI is InChI=1S/C19H23FN2O2/c1-4-22(12-15-7-10-18(24-3)17(20)11-15)13-19(23)21-16-8-5-14(2)6-9-16/h5-11H,4,12-13H2,1-3H3,(H,21,23). The molecule has 0 fully saturated rings. The molecule has 1 N–H and O–H groups in total. The number of methoxy groups -OCH3 is 1. The molecule has 0 aliphatic carbocycles. The molecule has 0 saturated carbocycles. The number of nitrogens with zero attached hydrogens (tertiary/aromatic N) is 1. The van der Waals surface area contributed by atoms with E-state index in [1.807, 2.05) is 49.1 Å². The molecule has 0 radical (unpaired) electrons. The number of nitrogens with one attached hydrogen (secondary N) is 1. The Labute approximate surface area is 142 Å². The van der Waals surface area contributed by atoms with Crippen molar-refractivity contribution in [2.24, 2.45) is 0 Å². The van der Waals surface area contributed by atoms with Gasteiger partial charge in [0, 0.05) is 12.2 Å².